The van der Waals surface area contributed by atoms with Crippen LogP contribution in [0.25, 0.3) is 44.5 Å². The predicted octanol–water partition coefficient (Wildman–Crippen LogP) is 11.8. The lowest BCUT2D eigenvalue weighted by Gasteiger charge is -2.29. The first-order valence-electron chi connectivity index (χ1n) is 14.7. The van der Waals surface area contributed by atoms with Crippen LogP contribution in [-0.4, -0.2) is 0 Å². The topological polar surface area (TPSA) is 3.24 Å². The molecule has 7 aromatic rings. The van der Waals surface area contributed by atoms with Gasteiger partial charge >= 0.3 is 0 Å². The molecule has 0 unspecified atom stereocenters. The van der Waals surface area contributed by atoms with Crippen LogP contribution in [0.3, 0.4) is 0 Å². The van der Waals surface area contributed by atoms with Gasteiger partial charge in [0.25, 0.3) is 0 Å². The fourth-order valence-electron chi connectivity index (χ4n) is 5.78. The summed E-state index contributed by atoms with van der Waals surface area (Å²) in [6.07, 6.45) is 0. The summed E-state index contributed by atoms with van der Waals surface area (Å²) < 4.78 is 0. The second-order valence-electron chi connectivity index (χ2n) is 10.6. The Balaban J connectivity index is 1.38. The van der Waals surface area contributed by atoms with Gasteiger partial charge in [-0.25, -0.2) is 0 Å². The van der Waals surface area contributed by atoms with Gasteiger partial charge in [0.15, 0.2) is 0 Å². The molecule has 0 fully saturated rings. The van der Waals surface area contributed by atoms with Gasteiger partial charge in [0.05, 0.1) is 5.69 Å². The monoisotopic (exact) mass is 549 g/mol. The molecule has 0 atom stereocenters. The lowest BCUT2D eigenvalue weighted by molar-refractivity contribution is 1.28. The smallest absolute Gasteiger partial charge is 0.0540 e. The summed E-state index contributed by atoms with van der Waals surface area (Å²) in [4.78, 5) is 2.38. The minimum Gasteiger partial charge on any atom is -0.310 e. The Bertz CT molecular complexity index is 1840. The van der Waals surface area contributed by atoms with E-state index in [1.807, 2.05) is 0 Å². The zero-order valence-corrected chi connectivity index (χ0v) is 23.8. The second-order valence-corrected chi connectivity index (χ2v) is 10.6. The van der Waals surface area contributed by atoms with Crippen LogP contribution in [0.15, 0.2) is 188 Å². The quantitative estimate of drug-likeness (QED) is 0.191. The fraction of sp³-hybridized carbons (Fsp3) is 0. The molecular weight excluding hydrogens is 518 g/mol. The van der Waals surface area contributed by atoms with Crippen molar-refractivity contribution >= 4 is 17.1 Å². The van der Waals surface area contributed by atoms with E-state index in [9.17, 15) is 0 Å². The van der Waals surface area contributed by atoms with Crippen LogP contribution in [0.1, 0.15) is 0 Å². The van der Waals surface area contributed by atoms with Crippen LogP contribution in [0, 0.1) is 0 Å². The first-order valence-corrected chi connectivity index (χ1v) is 14.7. The van der Waals surface area contributed by atoms with Crippen LogP contribution >= 0.6 is 0 Å². The number of rotatable bonds is 7. The molecule has 0 saturated heterocycles. The molecule has 204 valence electrons. The number of anilines is 3. The number of hydrogen-bond donors (Lipinski definition) is 0. The molecule has 7 rings (SSSR count). The Hall–Kier alpha value is -5.66. The van der Waals surface area contributed by atoms with Crippen molar-refractivity contribution in [2.45, 2.75) is 0 Å². The number of benzene rings is 7. The number of hydrogen-bond acceptors (Lipinski definition) is 1. The van der Waals surface area contributed by atoms with Crippen molar-refractivity contribution in [1.82, 2.24) is 0 Å². The molecule has 1 nitrogen and oxygen atoms in total. The molecule has 0 N–H and O–H groups in total. The summed E-state index contributed by atoms with van der Waals surface area (Å²) in [7, 11) is 0. The fourth-order valence-corrected chi connectivity index (χ4v) is 5.78. The average Bonchev–Trinajstić information content (AvgIpc) is 3.10. The predicted molar refractivity (Wildman–Crippen MR) is 183 cm³/mol. The van der Waals surface area contributed by atoms with Crippen molar-refractivity contribution < 1.29 is 0 Å². The van der Waals surface area contributed by atoms with Gasteiger partial charge in [-0.05, 0) is 69.3 Å². The molecule has 0 aliphatic carbocycles. The minimum absolute atomic E-state index is 1.11. The van der Waals surface area contributed by atoms with Crippen LogP contribution in [0.5, 0.6) is 0 Å². The van der Waals surface area contributed by atoms with Crippen LogP contribution in [-0.2, 0) is 0 Å². The largest absolute Gasteiger partial charge is 0.310 e. The van der Waals surface area contributed by atoms with E-state index in [1.165, 1.54) is 44.5 Å². The Morgan fingerprint density at radius 3 is 1.07 bits per heavy atom. The Morgan fingerprint density at radius 1 is 0.233 bits per heavy atom. The summed E-state index contributed by atoms with van der Waals surface area (Å²) in [5.74, 6) is 0. The van der Waals surface area contributed by atoms with E-state index >= 15 is 0 Å². The first kappa shape index (κ1) is 26.3. The molecular formula is C42H31N. The molecule has 0 radical (unpaired) electrons. The van der Waals surface area contributed by atoms with Crippen LogP contribution < -0.4 is 4.90 Å². The van der Waals surface area contributed by atoms with Crippen molar-refractivity contribution in [3.63, 3.8) is 0 Å². The lowest BCUT2D eigenvalue weighted by atomic mass is 9.93. The van der Waals surface area contributed by atoms with E-state index in [4.69, 9.17) is 0 Å². The highest BCUT2D eigenvalue weighted by Gasteiger charge is 2.19. The van der Waals surface area contributed by atoms with E-state index in [1.54, 1.807) is 0 Å². The summed E-state index contributed by atoms with van der Waals surface area (Å²) in [6, 6.07) is 67.0. The summed E-state index contributed by atoms with van der Waals surface area (Å²) in [5.41, 5.74) is 13.0. The van der Waals surface area contributed by atoms with Gasteiger partial charge < -0.3 is 4.90 Å². The molecule has 0 aliphatic heterocycles. The van der Waals surface area contributed by atoms with E-state index in [-0.39, 0.29) is 0 Å². The number of nitrogens with zero attached hydrogens (tertiary/aromatic N) is 1. The Kier molecular flexibility index (Phi) is 7.36. The third-order valence-corrected chi connectivity index (χ3v) is 7.91. The third kappa shape index (κ3) is 5.49. The van der Waals surface area contributed by atoms with Gasteiger partial charge in [-0.2, -0.15) is 0 Å². The van der Waals surface area contributed by atoms with Gasteiger partial charge in [-0.1, -0.05) is 158 Å². The highest BCUT2D eigenvalue weighted by Crippen LogP contribution is 2.44. The molecule has 0 aromatic heterocycles. The maximum Gasteiger partial charge on any atom is 0.0540 e. The van der Waals surface area contributed by atoms with Crippen molar-refractivity contribution in [2.24, 2.45) is 0 Å². The van der Waals surface area contributed by atoms with Crippen molar-refractivity contribution in [1.29, 1.82) is 0 Å². The minimum atomic E-state index is 1.11. The summed E-state index contributed by atoms with van der Waals surface area (Å²) >= 11 is 0. The van der Waals surface area contributed by atoms with Gasteiger partial charge in [-0.15, -0.1) is 0 Å². The molecule has 0 saturated carbocycles. The highest BCUT2D eigenvalue weighted by atomic mass is 15.1. The summed E-state index contributed by atoms with van der Waals surface area (Å²) in [5, 5.41) is 0. The maximum atomic E-state index is 2.38. The number of para-hydroxylation sites is 1. The SMILES string of the molecule is c1ccc(-c2ccc(N(c3ccc(-c4ccccc4)cc3)c3ccccc3-c3ccccc3-c3ccccc3)cc2)cc1. The molecule has 0 aliphatic rings. The Morgan fingerprint density at radius 2 is 0.581 bits per heavy atom. The highest BCUT2D eigenvalue weighted by molar-refractivity contribution is 5.94. The first-order chi connectivity index (χ1) is 21.3. The standard InChI is InChI=1S/C42H31N/c1-4-14-32(15-5-1)34-24-28-37(29-25-34)43(38-30-26-35(27-31-38)33-16-6-2-7-17-33)42-23-13-12-22-41(42)40-21-11-10-20-39(40)36-18-8-3-9-19-36/h1-31H. The second kappa shape index (κ2) is 12.1. The zero-order chi connectivity index (χ0) is 28.8. The van der Waals surface area contributed by atoms with Crippen molar-refractivity contribution in [3.05, 3.63) is 188 Å². The third-order valence-electron chi connectivity index (χ3n) is 7.91. The molecule has 1 heteroatoms. The van der Waals surface area contributed by atoms with Crippen molar-refractivity contribution in [2.75, 3.05) is 4.90 Å². The van der Waals surface area contributed by atoms with Crippen LogP contribution in [0.2, 0.25) is 0 Å². The van der Waals surface area contributed by atoms with E-state index < -0.39 is 0 Å². The molecule has 7 aromatic carbocycles. The zero-order valence-electron chi connectivity index (χ0n) is 23.8. The van der Waals surface area contributed by atoms with Crippen LogP contribution in [0.4, 0.5) is 17.1 Å². The Labute approximate surface area is 254 Å². The van der Waals surface area contributed by atoms with Gasteiger partial charge in [0.2, 0.25) is 0 Å². The van der Waals surface area contributed by atoms with Gasteiger partial charge in [-0.3, -0.25) is 0 Å². The van der Waals surface area contributed by atoms with Crippen molar-refractivity contribution in [3.8, 4) is 44.5 Å². The molecule has 0 heterocycles. The molecule has 0 spiro atoms. The van der Waals surface area contributed by atoms with Gasteiger partial charge in [0, 0.05) is 16.9 Å². The molecule has 0 bridgehead atoms. The molecule has 43 heavy (non-hydrogen) atoms. The average molecular weight is 550 g/mol. The molecule has 0 amide bonds. The lowest BCUT2D eigenvalue weighted by Crippen LogP contribution is -2.11. The normalized spacial score (nSPS) is 10.8. The summed E-state index contributed by atoms with van der Waals surface area (Å²) in [6.45, 7) is 0. The van der Waals surface area contributed by atoms with Gasteiger partial charge in [0.1, 0.15) is 0 Å². The van der Waals surface area contributed by atoms with E-state index in [0.717, 1.165) is 17.1 Å². The van der Waals surface area contributed by atoms with E-state index in [2.05, 4.69) is 193 Å². The maximum absolute atomic E-state index is 2.38. The van der Waals surface area contributed by atoms with E-state index in [0.29, 0.717) is 0 Å².